The van der Waals surface area contributed by atoms with Crippen LogP contribution in [0, 0.1) is 0 Å². The summed E-state index contributed by atoms with van der Waals surface area (Å²) in [6.45, 7) is 0. The highest BCUT2D eigenvalue weighted by Crippen LogP contribution is 2.42. The van der Waals surface area contributed by atoms with Crippen molar-refractivity contribution in [3.05, 3.63) is 11.3 Å². The van der Waals surface area contributed by atoms with Gasteiger partial charge in [0.2, 0.25) is 4.96 Å². The van der Waals surface area contributed by atoms with E-state index in [0.29, 0.717) is 0 Å². The molecule has 0 radical (unpaired) electrons. The van der Waals surface area contributed by atoms with Crippen LogP contribution < -0.4 is 5.32 Å². The van der Waals surface area contributed by atoms with Crippen molar-refractivity contribution >= 4 is 16.3 Å². The number of rotatable bonds is 2. The second kappa shape index (κ2) is 2.74. The quantitative estimate of drug-likeness (QED) is 0.794. The highest BCUT2D eigenvalue weighted by Gasteiger charge is 2.40. The van der Waals surface area contributed by atoms with Crippen molar-refractivity contribution in [1.29, 1.82) is 0 Å². The first-order valence-corrected chi connectivity index (χ1v) is 5.52. The Labute approximate surface area is 85.2 Å². The van der Waals surface area contributed by atoms with Crippen LogP contribution in [-0.2, 0) is 5.54 Å². The summed E-state index contributed by atoms with van der Waals surface area (Å²) in [7, 11) is 2.00. The van der Waals surface area contributed by atoms with Crippen LogP contribution in [0.5, 0.6) is 0 Å². The first kappa shape index (κ1) is 8.31. The highest BCUT2D eigenvalue weighted by molar-refractivity contribution is 7.16. The third-order valence-electron chi connectivity index (χ3n) is 2.98. The molecular formula is C8H11N5S. The summed E-state index contributed by atoms with van der Waals surface area (Å²) < 4.78 is 1.75. The van der Waals surface area contributed by atoms with Gasteiger partial charge in [0.25, 0.3) is 0 Å². The lowest BCUT2D eigenvalue weighted by Crippen LogP contribution is -2.46. The number of hydrogen-bond donors (Lipinski definition) is 1. The van der Waals surface area contributed by atoms with Crippen LogP contribution in [0.1, 0.15) is 24.3 Å². The molecule has 0 bridgehead atoms. The van der Waals surface area contributed by atoms with Gasteiger partial charge in [0.15, 0.2) is 0 Å². The largest absolute Gasteiger partial charge is 0.308 e. The monoisotopic (exact) mass is 209 g/mol. The number of nitrogens with one attached hydrogen (secondary N) is 1. The van der Waals surface area contributed by atoms with Crippen LogP contribution >= 0.6 is 11.3 Å². The van der Waals surface area contributed by atoms with Gasteiger partial charge >= 0.3 is 0 Å². The average Bonchev–Trinajstić information content (AvgIpc) is 2.62. The maximum absolute atomic E-state index is 4.49. The topological polar surface area (TPSA) is 55.1 Å². The maximum atomic E-state index is 4.49. The SMILES string of the molecule is CNC1(c2nn3cnnc3s2)CCC1. The lowest BCUT2D eigenvalue weighted by molar-refractivity contribution is 0.199. The fraction of sp³-hybridized carbons (Fsp3) is 0.625. The van der Waals surface area contributed by atoms with Gasteiger partial charge in [0.1, 0.15) is 11.3 Å². The van der Waals surface area contributed by atoms with Crippen molar-refractivity contribution in [2.45, 2.75) is 24.8 Å². The van der Waals surface area contributed by atoms with Gasteiger partial charge in [-0.25, -0.2) is 0 Å². The number of aromatic nitrogens is 4. The Kier molecular flexibility index (Phi) is 1.63. The zero-order chi connectivity index (χ0) is 9.60. The van der Waals surface area contributed by atoms with Gasteiger partial charge in [-0.05, 0) is 26.3 Å². The van der Waals surface area contributed by atoms with Gasteiger partial charge in [-0.1, -0.05) is 11.3 Å². The smallest absolute Gasteiger partial charge is 0.234 e. The molecule has 2 aromatic rings. The van der Waals surface area contributed by atoms with E-state index >= 15 is 0 Å². The van der Waals surface area contributed by atoms with Crippen LogP contribution in [0.25, 0.3) is 4.96 Å². The molecular weight excluding hydrogens is 198 g/mol. The Morgan fingerprint density at radius 2 is 2.43 bits per heavy atom. The van der Waals surface area contributed by atoms with E-state index in [4.69, 9.17) is 0 Å². The Hall–Kier alpha value is -1.01. The number of nitrogens with zero attached hydrogens (tertiary/aromatic N) is 4. The molecule has 0 spiro atoms. The van der Waals surface area contributed by atoms with E-state index in [0.717, 1.165) is 9.97 Å². The average molecular weight is 209 g/mol. The molecule has 1 saturated carbocycles. The van der Waals surface area contributed by atoms with Crippen molar-refractivity contribution < 1.29 is 0 Å². The third kappa shape index (κ3) is 0.949. The van der Waals surface area contributed by atoms with E-state index < -0.39 is 0 Å². The Morgan fingerprint density at radius 3 is 3.00 bits per heavy atom. The number of hydrogen-bond acceptors (Lipinski definition) is 5. The van der Waals surface area contributed by atoms with Gasteiger partial charge in [-0.15, -0.1) is 10.2 Å². The lowest BCUT2D eigenvalue weighted by Gasteiger charge is -2.39. The predicted molar refractivity (Wildman–Crippen MR) is 53.2 cm³/mol. The molecule has 1 fully saturated rings. The van der Waals surface area contributed by atoms with Crippen molar-refractivity contribution in [2.75, 3.05) is 7.05 Å². The van der Waals surface area contributed by atoms with E-state index in [2.05, 4.69) is 20.6 Å². The molecule has 6 heteroatoms. The van der Waals surface area contributed by atoms with Crippen LogP contribution in [0.4, 0.5) is 0 Å². The van der Waals surface area contributed by atoms with E-state index in [1.54, 1.807) is 22.2 Å². The molecule has 0 aliphatic heterocycles. The molecule has 0 unspecified atom stereocenters. The van der Waals surface area contributed by atoms with E-state index in [1.807, 2.05) is 7.05 Å². The van der Waals surface area contributed by atoms with Crippen LogP contribution in [0.2, 0.25) is 0 Å². The van der Waals surface area contributed by atoms with Crippen molar-refractivity contribution in [2.24, 2.45) is 0 Å². The normalized spacial score (nSPS) is 19.8. The summed E-state index contributed by atoms with van der Waals surface area (Å²) in [5.41, 5.74) is 0.116. The Bertz CT molecular complexity index is 421. The Balaban J connectivity index is 2.08. The molecule has 0 atom stereocenters. The first-order chi connectivity index (χ1) is 6.84. The Morgan fingerprint density at radius 1 is 1.57 bits per heavy atom. The zero-order valence-electron chi connectivity index (χ0n) is 7.90. The van der Waals surface area contributed by atoms with E-state index in [-0.39, 0.29) is 5.54 Å². The molecule has 5 nitrogen and oxygen atoms in total. The van der Waals surface area contributed by atoms with Gasteiger partial charge in [0.05, 0.1) is 5.54 Å². The second-order valence-electron chi connectivity index (χ2n) is 3.65. The van der Waals surface area contributed by atoms with Crippen molar-refractivity contribution in [1.82, 2.24) is 25.1 Å². The van der Waals surface area contributed by atoms with Gasteiger partial charge in [-0.2, -0.15) is 9.61 Å². The molecule has 0 aromatic carbocycles. The van der Waals surface area contributed by atoms with Crippen molar-refractivity contribution in [3.8, 4) is 0 Å². The molecule has 2 heterocycles. The third-order valence-corrected chi connectivity index (χ3v) is 4.10. The number of fused-ring (bicyclic) bond motifs is 1. The zero-order valence-corrected chi connectivity index (χ0v) is 8.71. The summed E-state index contributed by atoms with van der Waals surface area (Å²) in [5, 5.41) is 16.8. The second-order valence-corrected chi connectivity index (χ2v) is 4.61. The lowest BCUT2D eigenvalue weighted by atomic mass is 9.77. The van der Waals surface area contributed by atoms with E-state index in [9.17, 15) is 0 Å². The minimum Gasteiger partial charge on any atom is -0.308 e. The predicted octanol–water partition coefficient (Wildman–Crippen LogP) is 0.784. The van der Waals surface area contributed by atoms with Crippen LogP contribution in [-0.4, -0.2) is 26.9 Å². The fourth-order valence-corrected chi connectivity index (χ4v) is 2.93. The molecule has 0 amide bonds. The van der Waals surface area contributed by atoms with E-state index in [1.165, 1.54) is 19.3 Å². The minimum absolute atomic E-state index is 0.116. The first-order valence-electron chi connectivity index (χ1n) is 4.70. The van der Waals surface area contributed by atoms with Gasteiger partial charge in [0, 0.05) is 0 Å². The molecule has 1 N–H and O–H groups in total. The summed E-state index contributed by atoms with van der Waals surface area (Å²) in [4.78, 5) is 0.876. The van der Waals surface area contributed by atoms with Crippen LogP contribution in [0.15, 0.2) is 6.33 Å². The molecule has 74 valence electrons. The fourth-order valence-electron chi connectivity index (χ4n) is 1.85. The summed E-state index contributed by atoms with van der Waals surface area (Å²) in [6.07, 6.45) is 5.28. The highest BCUT2D eigenvalue weighted by atomic mass is 32.1. The summed E-state index contributed by atoms with van der Waals surface area (Å²) in [6, 6.07) is 0. The maximum Gasteiger partial charge on any atom is 0.234 e. The summed E-state index contributed by atoms with van der Waals surface area (Å²) in [5.74, 6) is 0. The van der Waals surface area contributed by atoms with Gasteiger partial charge in [-0.3, -0.25) is 0 Å². The van der Waals surface area contributed by atoms with Gasteiger partial charge < -0.3 is 5.32 Å². The molecule has 0 saturated heterocycles. The molecule has 1 aliphatic carbocycles. The summed E-state index contributed by atoms with van der Waals surface area (Å²) >= 11 is 1.63. The molecule has 14 heavy (non-hydrogen) atoms. The minimum atomic E-state index is 0.116. The molecule has 1 aliphatic rings. The van der Waals surface area contributed by atoms with Crippen molar-refractivity contribution in [3.63, 3.8) is 0 Å². The molecule has 2 aromatic heterocycles. The molecule has 3 rings (SSSR count). The standard InChI is InChI=1S/C8H11N5S/c1-9-8(3-2-4-8)6-12-13-5-10-11-7(13)14-6/h5,9H,2-4H2,1H3. The van der Waals surface area contributed by atoms with Crippen LogP contribution in [0.3, 0.4) is 0 Å².